The van der Waals surface area contributed by atoms with Crippen LogP contribution in [0.2, 0.25) is 0 Å². The summed E-state index contributed by atoms with van der Waals surface area (Å²) < 4.78 is 8.14. The largest absolute Gasteiger partial charge is 0.494 e. The summed E-state index contributed by atoms with van der Waals surface area (Å²) in [6, 6.07) is 22.0. The maximum atomic E-state index is 12.6. The summed E-state index contributed by atoms with van der Waals surface area (Å²) in [5.41, 5.74) is 6.29. The normalized spacial score (nSPS) is 11.0. The third kappa shape index (κ3) is 5.61. The fraction of sp³-hybridized carbons (Fsp3) is 0.286. The SMILES string of the molecule is Cc1cccc(C(=O)NCc2nc3ccccc3n2CCCCOc2ccc(C)c(C)c2)c1. The van der Waals surface area contributed by atoms with Crippen molar-refractivity contribution in [2.45, 2.75) is 46.7 Å². The Morgan fingerprint density at radius 3 is 2.61 bits per heavy atom. The molecule has 0 aliphatic heterocycles. The number of carbonyl (C=O) groups is 1. The molecule has 0 fully saturated rings. The second-order valence-electron chi connectivity index (χ2n) is 8.52. The number of unbranched alkanes of at least 4 members (excludes halogenated alkanes) is 1. The van der Waals surface area contributed by atoms with Gasteiger partial charge in [-0.15, -0.1) is 0 Å². The average Bonchev–Trinajstić information content (AvgIpc) is 3.17. The molecule has 0 saturated carbocycles. The van der Waals surface area contributed by atoms with Crippen molar-refractivity contribution in [3.63, 3.8) is 0 Å². The van der Waals surface area contributed by atoms with Gasteiger partial charge in [0.15, 0.2) is 0 Å². The summed E-state index contributed by atoms with van der Waals surface area (Å²) in [5, 5.41) is 3.03. The lowest BCUT2D eigenvalue weighted by molar-refractivity contribution is 0.0949. The quantitative estimate of drug-likeness (QED) is 0.337. The molecule has 4 aromatic rings. The molecule has 0 bridgehead atoms. The van der Waals surface area contributed by atoms with Crippen LogP contribution in [0.3, 0.4) is 0 Å². The molecule has 0 atom stereocenters. The minimum absolute atomic E-state index is 0.0842. The number of aromatic nitrogens is 2. The molecule has 0 spiro atoms. The molecule has 1 amide bonds. The van der Waals surface area contributed by atoms with Gasteiger partial charge < -0.3 is 14.6 Å². The Morgan fingerprint density at radius 1 is 0.939 bits per heavy atom. The lowest BCUT2D eigenvalue weighted by Crippen LogP contribution is -2.25. The zero-order valence-corrected chi connectivity index (χ0v) is 19.6. The van der Waals surface area contributed by atoms with Crippen molar-refractivity contribution in [1.82, 2.24) is 14.9 Å². The molecule has 1 N–H and O–H groups in total. The average molecular weight is 442 g/mol. The molecule has 0 saturated heterocycles. The summed E-state index contributed by atoms with van der Waals surface area (Å²) in [6.07, 6.45) is 1.90. The van der Waals surface area contributed by atoms with E-state index in [-0.39, 0.29) is 5.91 Å². The number of hydrogen-bond acceptors (Lipinski definition) is 3. The third-order valence-corrected chi connectivity index (χ3v) is 5.94. The van der Waals surface area contributed by atoms with Crippen molar-refractivity contribution in [1.29, 1.82) is 0 Å². The molecular weight excluding hydrogens is 410 g/mol. The lowest BCUT2D eigenvalue weighted by atomic mass is 10.1. The zero-order valence-electron chi connectivity index (χ0n) is 19.6. The van der Waals surface area contributed by atoms with E-state index in [1.54, 1.807) is 0 Å². The molecular formula is C28H31N3O2. The third-order valence-electron chi connectivity index (χ3n) is 5.94. The predicted octanol–water partition coefficient (Wildman–Crippen LogP) is 5.75. The number of carbonyl (C=O) groups excluding carboxylic acids is 1. The first-order valence-corrected chi connectivity index (χ1v) is 11.5. The van der Waals surface area contributed by atoms with E-state index in [9.17, 15) is 4.79 Å². The molecule has 33 heavy (non-hydrogen) atoms. The number of amides is 1. The van der Waals surface area contributed by atoms with E-state index in [1.807, 2.05) is 55.5 Å². The molecule has 0 aliphatic carbocycles. The van der Waals surface area contributed by atoms with Crippen molar-refractivity contribution in [2.24, 2.45) is 0 Å². The highest BCUT2D eigenvalue weighted by Gasteiger charge is 2.12. The number of nitrogens with one attached hydrogen (secondary N) is 1. The molecule has 1 heterocycles. The second kappa shape index (κ2) is 10.3. The maximum absolute atomic E-state index is 12.6. The van der Waals surface area contributed by atoms with Crippen molar-refractivity contribution in [3.8, 4) is 5.75 Å². The van der Waals surface area contributed by atoms with Gasteiger partial charge in [0.2, 0.25) is 0 Å². The van der Waals surface area contributed by atoms with Crippen LogP contribution >= 0.6 is 0 Å². The summed E-state index contributed by atoms with van der Waals surface area (Å²) in [5.74, 6) is 1.71. The highest BCUT2D eigenvalue weighted by Crippen LogP contribution is 2.19. The Bertz CT molecular complexity index is 1260. The van der Waals surface area contributed by atoms with Crippen LogP contribution in [0.4, 0.5) is 0 Å². The van der Waals surface area contributed by atoms with Gasteiger partial charge in [0, 0.05) is 12.1 Å². The van der Waals surface area contributed by atoms with E-state index < -0.39 is 0 Å². The number of aryl methyl sites for hydroxylation is 4. The summed E-state index contributed by atoms with van der Waals surface area (Å²) in [7, 11) is 0. The molecule has 0 unspecified atom stereocenters. The predicted molar refractivity (Wildman–Crippen MR) is 133 cm³/mol. The Labute approximate surface area is 195 Å². The van der Waals surface area contributed by atoms with E-state index in [2.05, 4.69) is 41.9 Å². The van der Waals surface area contributed by atoms with Crippen LogP contribution in [0.5, 0.6) is 5.75 Å². The number of imidazole rings is 1. The highest BCUT2D eigenvalue weighted by molar-refractivity contribution is 5.94. The van der Waals surface area contributed by atoms with E-state index in [0.717, 1.165) is 47.6 Å². The Hall–Kier alpha value is -3.60. The molecule has 5 heteroatoms. The van der Waals surface area contributed by atoms with Crippen LogP contribution < -0.4 is 10.1 Å². The lowest BCUT2D eigenvalue weighted by Gasteiger charge is -2.12. The number of ether oxygens (including phenoxy) is 1. The molecule has 0 aliphatic rings. The Kier molecular flexibility index (Phi) is 7.08. The van der Waals surface area contributed by atoms with Gasteiger partial charge in [-0.05, 0) is 81.1 Å². The van der Waals surface area contributed by atoms with Gasteiger partial charge >= 0.3 is 0 Å². The number of para-hydroxylation sites is 2. The van der Waals surface area contributed by atoms with Gasteiger partial charge in [0.25, 0.3) is 5.91 Å². The van der Waals surface area contributed by atoms with Crippen LogP contribution in [-0.2, 0) is 13.1 Å². The van der Waals surface area contributed by atoms with E-state index in [0.29, 0.717) is 18.7 Å². The first kappa shape index (κ1) is 22.6. The molecule has 4 rings (SSSR count). The number of rotatable bonds is 9. The van der Waals surface area contributed by atoms with Crippen LogP contribution in [0.25, 0.3) is 11.0 Å². The highest BCUT2D eigenvalue weighted by atomic mass is 16.5. The van der Waals surface area contributed by atoms with Crippen molar-refractivity contribution in [2.75, 3.05) is 6.61 Å². The van der Waals surface area contributed by atoms with E-state index in [4.69, 9.17) is 9.72 Å². The topological polar surface area (TPSA) is 56.2 Å². The summed E-state index contributed by atoms with van der Waals surface area (Å²) >= 11 is 0. The summed E-state index contributed by atoms with van der Waals surface area (Å²) in [6.45, 7) is 8.09. The second-order valence-corrected chi connectivity index (χ2v) is 8.52. The van der Waals surface area contributed by atoms with E-state index >= 15 is 0 Å². The van der Waals surface area contributed by atoms with Gasteiger partial charge in [-0.3, -0.25) is 4.79 Å². The van der Waals surface area contributed by atoms with Gasteiger partial charge in [-0.25, -0.2) is 4.98 Å². The fourth-order valence-electron chi connectivity index (χ4n) is 3.92. The molecule has 170 valence electrons. The Balaban J connectivity index is 1.37. The maximum Gasteiger partial charge on any atom is 0.251 e. The number of nitrogens with zero attached hydrogens (tertiary/aromatic N) is 2. The van der Waals surface area contributed by atoms with Gasteiger partial charge in [-0.2, -0.15) is 0 Å². The van der Waals surface area contributed by atoms with Crippen LogP contribution in [0, 0.1) is 20.8 Å². The van der Waals surface area contributed by atoms with Gasteiger partial charge in [0.05, 0.1) is 24.2 Å². The van der Waals surface area contributed by atoms with Crippen LogP contribution in [-0.4, -0.2) is 22.1 Å². The molecule has 1 aromatic heterocycles. The molecule has 3 aromatic carbocycles. The molecule has 5 nitrogen and oxygen atoms in total. The number of hydrogen-bond donors (Lipinski definition) is 1. The fourth-order valence-corrected chi connectivity index (χ4v) is 3.92. The zero-order chi connectivity index (χ0) is 23.2. The standard InChI is InChI=1S/C28H31N3O2/c1-20-9-8-10-23(17-20)28(32)29-19-27-30-25-11-4-5-12-26(25)31(27)15-6-7-16-33-24-14-13-21(2)22(3)18-24/h4-5,8-14,17-18H,6-7,15-16,19H2,1-3H3,(H,29,32). The van der Waals surface area contributed by atoms with E-state index in [1.165, 1.54) is 11.1 Å². The van der Waals surface area contributed by atoms with Crippen molar-refractivity contribution >= 4 is 16.9 Å². The first-order chi connectivity index (χ1) is 16.0. The number of fused-ring (bicyclic) bond motifs is 1. The number of benzene rings is 3. The minimum Gasteiger partial charge on any atom is -0.494 e. The van der Waals surface area contributed by atoms with Crippen LogP contribution in [0.15, 0.2) is 66.7 Å². The molecule has 0 radical (unpaired) electrons. The van der Waals surface area contributed by atoms with Crippen LogP contribution in [0.1, 0.15) is 45.7 Å². The van der Waals surface area contributed by atoms with Gasteiger partial charge in [-0.1, -0.05) is 35.9 Å². The monoisotopic (exact) mass is 441 g/mol. The van der Waals surface area contributed by atoms with Gasteiger partial charge in [0.1, 0.15) is 11.6 Å². The minimum atomic E-state index is -0.0842. The summed E-state index contributed by atoms with van der Waals surface area (Å²) in [4.78, 5) is 17.4. The Morgan fingerprint density at radius 2 is 1.79 bits per heavy atom. The first-order valence-electron chi connectivity index (χ1n) is 11.5. The van der Waals surface area contributed by atoms with Crippen molar-refractivity contribution in [3.05, 3.63) is 94.8 Å². The smallest absolute Gasteiger partial charge is 0.251 e. The van der Waals surface area contributed by atoms with Crippen molar-refractivity contribution < 1.29 is 9.53 Å².